The fraction of sp³-hybridized carbons (Fsp3) is 0.263. The number of carbonyl (C=O) groups is 1. The Balaban J connectivity index is 1.80. The fourth-order valence-electron chi connectivity index (χ4n) is 1.96. The molecule has 3 nitrogen and oxygen atoms in total. The number of rotatable bonds is 5. The molecule has 0 aliphatic rings. The first-order chi connectivity index (χ1) is 11.3. The Morgan fingerprint density at radius 1 is 1.12 bits per heavy atom. The Morgan fingerprint density at radius 3 is 2.33 bits per heavy atom. The van der Waals surface area contributed by atoms with Crippen LogP contribution in [0.25, 0.3) is 0 Å². The minimum atomic E-state index is -0.141. The number of hydrogen-bond acceptors (Lipinski definition) is 3. The second-order valence-electron chi connectivity index (χ2n) is 6.41. The van der Waals surface area contributed by atoms with Gasteiger partial charge in [-0.3, -0.25) is 4.79 Å². The Bertz CT molecular complexity index is 704. The Labute approximate surface area is 152 Å². The molecule has 0 bridgehead atoms. The van der Waals surface area contributed by atoms with Crippen LogP contribution in [-0.4, -0.2) is 17.9 Å². The number of nitrogens with zero attached hydrogens (tertiary/aromatic N) is 1. The van der Waals surface area contributed by atoms with Crippen LogP contribution >= 0.6 is 23.4 Å². The lowest BCUT2D eigenvalue weighted by Crippen LogP contribution is -2.19. The summed E-state index contributed by atoms with van der Waals surface area (Å²) in [4.78, 5) is 12.8. The van der Waals surface area contributed by atoms with E-state index < -0.39 is 0 Å². The van der Waals surface area contributed by atoms with Gasteiger partial charge in [-0.05, 0) is 40.8 Å². The summed E-state index contributed by atoms with van der Waals surface area (Å²) < 4.78 is 0. The lowest BCUT2D eigenvalue weighted by atomic mass is 9.87. The van der Waals surface area contributed by atoms with E-state index in [2.05, 4.69) is 43.4 Å². The second kappa shape index (κ2) is 8.36. The summed E-state index contributed by atoms with van der Waals surface area (Å²) in [5.41, 5.74) is 4.89. The summed E-state index contributed by atoms with van der Waals surface area (Å²) in [6.45, 7) is 6.53. The van der Waals surface area contributed by atoms with Crippen molar-refractivity contribution in [1.82, 2.24) is 5.43 Å². The first kappa shape index (κ1) is 18.6. The smallest absolute Gasteiger partial charge is 0.250 e. The number of nitrogens with one attached hydrogen (secondary N) is 1. The lowest BCUT2D eigenvalue weighted by Gasteiger charge is -2.18. The number of halogens is 1. The molecule has 2 aromatic rings. The second-order valence-corrected chi connectivity index (χ2v) is 7.89. The van der Waals surface area contributed by atoms with E-state index in [9.17, 15) is 4.79 Å². The molecule has 0 radical (unpaired) electrons. The normalized spacial score (nSPS) is 11.7. The first-order valence-electron chi connectivity index (χ1n) is 7.65. The quantitative estimate of drug-likeness (QED) is 0.469. The van der Waals surface area contributed by atoms with Crippen molar-refractivity contribution in [1.29, 1.82) is 0 Å². The number of amides is 1. The topological polar surface area (TPSA) is 41.5 Å². The molecule has 1 amide bonds. The van der Waals surface area contributed by atoms with Crippen LogP contribution in [0.1, 0.15) is 31.9 Å². The lowest BCUT2D eigenvalue weighted by molar-refractivity contribution is -0.118. The van der Waals surface area contributed by atoms with Gasteiger partial charge in [-0.15, -0.1) is 11.8 Å². The van der Waals surface area contributed by atoms with Gasteiger partial charge in [0.05, 0.1) is 12.0 Å². The Morgan fingerprint density at radius 2 is 1.75 bits per heavy atom. The highest BCUT2D eigenvalue weighted by Gasteiger charge is 2.12. The van der Waals surface area contributed by atoms with Crippen molar-refractivity contribution >= 4 is 35.5 Å². The van der Waals surface area contributed by atoms with Crippen molar-refractivity contribution < 1.29 is 4.79 Å². The molecule has 2 rings (SSSR count). The molecule has 0 atom stereocenters. The summed E-state index contributed by atoms with van der Waals surface area (Å²) in [7, 11) is 0. The first-order valence-corrected chi connectivity index (χ1v) is 9.02. The molecular weight excluding hydrogens is 340 g/mol. The molecule has 0 unspecified atom stereocenters. The van der Waals surface area contributed by atoms with Gasteiger partial charge in [0.25, 0.3) is 0 Å². The van der Waals surface area contributed by atoms with Gasteiger partial charge >= 0.3 is 0 Å². The largest absolute Gasteiger partial charge is 0.272 e. The molecule has 0 aliphatic carbocycles. The summed E-state index contributed by atoms with van der Waals surface area (Å²) in [6, 6.07) is 15.6. The van der Waals surface area contributed by atoms with Crippen molar-refractivity contribution in [3.8, 4) is 0 Å². The summed E-state index contributed by atoms with van der Waals surface area (Å²) in [5.74, 6) is 0.166. The predicted molar refractivity (Wildman–Crippen MR) is 103 cm³/mol. The molecule has 0 aromatic heterocycles. The van der Waals surface area contributed by atoms with Crippen LogP contribution in [0, 0.1) is 0 Å². The minimum Gasteiger partial charge on any atom is -0.272 e. The highest BCUT2D eigenvalue weighted by atomic mass is 35.5. The maximum atomic E-state index is 11.8. The van der Waals surface area contributed by atoms with E-state index in [1.807, 2.05) is 24.3 Å². The van der Waals surface area contributed by atoms with E-state index >= 15 is 0 Å². The molecule has 0 saturated heterocycles. The van der Waals surface area contributed by atoms with Gasteiger partial charge in [-0.1, -0.05) is 56.6 Å². The maximum absolute atomic E-state index is 11.8. The molecule has 5 heteroatoms. The van der Waals surface area contributed by atoms with E-state index in [0.717, 1.165) is 10.5 Å². The van der Waals surface area contributed by atoms with Gasteiger partial charge in [-0.25, -0.2) is 5.43 Å². The van der Waals surface area contributed by atoms with Gasteiger partial charge in [-0.2, -0.15) is 5.10 Å². The van der Waals surface area contributed by atoms with Gasteiger partial charge < -0.3 is 0 Å². The van der Waals surface area contributed by atoms with Crippen LogP contribution in [0.4, 0.5) is 0 Å². The average Bonchev–Trinajstić information content (AvgIpc) is 2.54. The van der Waals surface area contributed by atoms with Crippen molar-refractivity contribution in [2.45, 2.75) is 31.1 Å². The van der Waals surface area contributed by atoms with Gasteiger partial charge in [0.2, 0.25) is 5.91 Å². The molecule has 2 aromatic carbocycles. The third-order valence-electron chi connectivity index (χ3n) is 3.36. The van der Waals surface area contributed by atoms with Crippen LogP contribution in [0.15, 0.2) is 58.5 Å². The number of hydrazone groups is 1. The number of thioether (sulfide) groups is 1. The fourth-order valence-corrected chi connectivity index (χ4v) is 2.78. The van der Waals surface area contributed by atoms with Crippen molar-refractivity contribution in [3.63, 3.8) is 0 Å². The molecule has 0 aliphatic heterocycles. The molecule has 0 heterocycles. The Kier molecular flexibility index (Phi) is 6.46. The van der Waals surface area contributed by atoms with Gasteiger partial charge in [0.15, 0.2) is 0 Å². The molecule has 0 fully saturated rings. The van der Waals surface area contributed by atoms with E-state index in [-0.39, 0.29) is 11.3 Å². The van der Waals surface area contributed by atoms with Crippen LogP contribution in [0.3, 0.4) is 0 Å². The average molecular weight is 361 g/mol. The monoisotopic (exact) mass is 360 g/mol. The molecule has 0 spiro atoms. The highest BCUT2D eigenvalue weighted by molar-refractivity contribution is 8.00. The van der Waals surface area contributed by atoms with Crippen LogP contribution in [0.2, 0.25) is 5.02 Å². The van der Waals surface area contributed by atoms with E-state index in [4.69, 9.17) is 11.6 Å². The summed E-state index contributed by atoms with van der Waals surface area (Å²) in [6.07, 6.45) is 1.65. The third kappa shape index (κ3) is 6.02. The van der Waals surface area contributed by atoms with Crippen molar-refractivity contribution in [2.24, 2.45) is 5.10 Å². The van der Waals surface area contributed by atoms with E-state index in [1.54, 1.807) is 18.3 Å². The standard InChI is InChI=1S/C19H21ClN2OS/c1-19(2,3)15-6-4-14(5-7-15)12-21-22-18(23)13-24-17-10-8-16(20)9-11-17/h4-12H,13H2,1-3H3,(H,22,23)/b21-12-. The maximum Gasteiger partial charge on any atom is 0.250 e. The van der Waals surface area contributed by atoms with Crippen LogP contribution in [0.5, 0.6) is 0 Å². The zero-order valence-electron chi connectivity index (χ0n) is 14.0. The van der Waals surface area contributed by atoms with Crippen molar-refractivity contribution in [2.75, 3.05) is 5.75 Å². The molecular formula is C19H21ClN2OS. The predicted octanol–water partition coefficient (Wildman–Crippen LogP) is 4.88. The summed E-state index contributed by atoms with van der Waals surface area (Å²) >= 11 is 7.27. The zero-order valence-corrected chi connectivity index (χ0v) is 15.6. The summed E-state index contributed by atoms with van der Waals surface area (Å²) in [5, 5.41) is 4.69. The number of benzene rings is 2. The van der Waals surface area contributed by atoms with Crippen LogP contribution in [-0.2, 0) is 10.2 Å². The molecule has 126 valence electrons. The molecule has 24 heavy (non-hydrogen) atoms. The third-order valence-corrected chi connectivity index (χ3v) is 4.63. The Hall–Kier alpha value is -1.78. The van der Waals surface area contributed by atoms with E-state index in [1.165, 1.54) is 17.3 Å². The molecule has 0 saturated carbocycles. The van der Waals surface area contributed by atoms with E-state index in [0.29, 0.717) is 10.8 Å². The number of carbonyl (C=O) groups excluding carboxylic acids is 1. The number of hydrogen-bond donors (Lipinski definition) is 1. The van der Waals surface area contributed by atoms with Gasteiger partial charge in [0, 0.05) is 9.92 Å². The minimum absolute atomic E-state index is 0.128. The van der Waals surface area contributed by atoms with Crippen molar-refractivity contribution in [3.05, 3.63) is 64.7 Å². The molecule has 1 N–H and O–H groups in total. The van der Waals surface area contributed by atoms with Crippen LogP contribution < -0.4 is 5.43 Å². The highest BCUT2D eigenvalue weighted by Crippen LogP contribution is 2.22. The zero-order chi connectivity index (χ0) is 17.6. The SMILES string of the molecule is CC(C)(C)c1ccc(/C=N\NC(=O)CSc2ccc(Cl)cc2)cc1. The van der Waals surface area contributed by atoms with Gasteiger partial charge in [0.1, 0.15) is 0 Å².